The number of fused-ring (bicyclic) bond motifs is 1. The summed E-state index contributed by atoms with van der Waals surface area (Å²) in [5.41, 5.74) is 6.62. The van der Waals surface area contributed by atoms with Crippen molar-refractivity contribution < 1.29 is 9.53 Å². The van der Waals surface area contributed by atoms with Crippen molar-refractivity contribution in [2.24, 2.45) is 0 Å². The number of rotatable bonds is 8. The Labute approximate surface area is 212 Å². The minimum Gasteiger partial charge on any atom is -0.379 e. The highest BCUT2D eigenvalue weighted by atomic mass is 16.5. The fourth-order valence-electron chi connectivity index (χ4n) is 4.67. The predicted octanol–water partition coefficient (Wildman–Crippen LogP) is 4.62. The molecule has 1 amide bonds. The first kappa shape index (κ1) is 24.0. The normalized spacial score (nSPS) is 14.8. The maximum Gasteiger partial charge on any atom is 0.244 e. The number of morpholine rings is 1. The molecule has 0 radical (unpaired) electrons. The van der Waals surface area contributed by atoms with E-state index in [9.17, 15) is 4.79 Å². The molecule has 1 fully saturated rings. The van der Waals surface area contributed by atoms with E-state index in [1.54, 1.807) is 18.5 Å². The molecule has 5 rings (SSSR count). The number of hydrogen-bond donors (Lipinski definition) is 1. The molecule has 0 unspecified atom stereocenters. The summed E-state index contributed by atoms with van der Waals surface area (Å²) in [6.07, 6.45) is 8.42. The van der Waals surface area contributed by atoms with Crippen molar-refractivity contribution in [1.82, 2.24) is 19.8 Å². The highest BCUT2D eigenvalue weighted by Crippen LogP contribution is 2.26. The summed E-state index contributed by atoms with van der Waals surface area (Å²) < 4.78 is 7.76. The molecular formula is C30H32N4O2. The lowest BCUT2D eigenvalue weighted by Gasteiger charge is -2.26. The van der Waals surface area contributed by atoms with Crippen LogP contribution in [0.2, 0.25) is 0 Å². The van der Waals surface area contributed by atoms with E-state index in [1.165, 1.54) is 16.5 Å². The minimum atomic E-state index is -0.109. The molecule has 2 aromatic heterocycles. The van der Waals surface area contributed by atoms with Gasteiger partial charge in [0.05, 0.1) is 18.7 Å². The number of ether oxygens (including phenoxy) is 1. The molecule has 0 atom stereocenters. The van der Waals surface area contributed by atoms with Crippen molar-refractivity contribution in [3.8, 4) is 5.69 Å². The van der Waals surface area contributed by atoms with Crippen molar-refractivity contribution in [2.75, 3.05) is 32.8 Å². The van der Waals surface area contributed by atoms with Gasteiger partial charge >= 0.3 is 0 Å². The number of allylic oxidation sites excluding steroid dienone is 1. The molecule has 1 aliphatic rings. The number of carbonyl (C=O) groups excluding carboxylic acids is 1. The summed E-state index contributed by atoms with van der Waals surface area (Å²) >= 11 is 0. The second-order valence-corrected chi connectivity index (χ2v) is 9.20. The minimum absolute atomic E-state index is 0.109. The van der Waals surface area contributed by atoms with E-state index in [2.05, 4.69) is 74.5 Å². The van der Waals surface area contributed by atoms with Crippen molar-refractivity contribution >= 4 is 22.4 Å². The molecule has 3 heterocycles. The molecule has 1 saturated heterocycles. The quantitative estimate of drug-likeness (QED) is 0.374. The predicted molar refractivity (Wildman–Crippen MR) is 144 cm³/mol. The van der Waals surface area contributed by atoms with E-state index in [1.807, 2.05) is 19.1 Å². The van der Waals surface area contributed by atoms with Crippen LogP contribution < -0.4 is 5.32 Å². The van der Waals surface area contributed by atoms with Gasteiger partial charge in [-0.1, -0.05) is 36.4 Å². The van der Waals surface area contributed by atoms with E-state index in [4.69, 9.17) is 4.74 Å². The van der Waals surface area contributed by atoms with Crippen molar-refractivity contribution in [2.45, 2.75) is 19.9 Å². The summed E-state index contributed by atoms with van der Waals surface area (Å²) in [5, 5.41) is 4.23. The summed E-state index contributed by atoms with van der Waals surface area (Å²) in [6.45, 7) is 7.14. The lowest BCUT2D eigenvalue weighted by atomic mass is 10.1. The van der Waals surface area contributed by atoms with E-state index >= 15 is 0 Å². The highest BCUT2D eigenvalue weighted by molar-refractivity contribution is 5.94. The number of aromatic nitrogens is 2. The third-order valence-electron chi connectivity index (χ3n) is 6.73. The Bertz CT molecular complexity index is 1340. The number of nitrogens with zero attached hydrogens (tertiary/aromatic N) is 3. The molecule has 0 saturated carbocycles. The van der Waals surface area contributed by atoms with Gasteiger partial charge in [-0.05, 0) is 59.9 Å². The fraction of sp³-hybridized carbons (Fsp3) is 0.267. The highest BCUT2D eigenvalue weighted by Gasteiger charge is 2.14. The van der Waals surface area contributed by atoms with Crippen LogP contribution in [0.5, 0.6) is 0 Å². The zero-order chi connectivity index (χ0) is 24.7. The Hall–Kier alpha value is -3.74. The molecule has 1 aliphatic heterocycles. The van der Waals surface area contributed by atoms with Gasteiger partial charge in [-0.3, -0.25) is 14.7 Å². The smallest absolute Gasteiger partial charge is 0.244 e. The standard InChI is InChI=1S/C30H32N4O2/c1-23(19-30(35)32-21-24-5-4-13-31-20-24)25-8-10-27(11-9-25)34-22-26(28-6-2-3-7-29(28)34)12-14-33-15-17-36-18-16-33/h2-11,13,19-20,22H,12,14-18,21H2,1H3,(H,32,35). The van der Waals surface area contributed by atoms with Crippen molar-refractivity contribution in [3.05, 3.63) is 102 Å². The Morgan fingerprint density at radius 2 is 1.86 bits per heavy atom. The number of benzene rings is 2. The van der Waals surface area contributed by atoms with E-state index in [-0.39, 0.29) is 5.91 Å². The first-order valence-electron chi connectivity index (χ1n) is 12.5. The van der Waals surface area contributed by atoms with E-state index in [0.717, 1.165) is 61.7 Å². The molecule has 36 heavy (non-hydrogen) atoms. The number of amides is 1. The van der Waals surface area contributed by atoms with Gasteiger partial charge in [-0.15, -0.1) is 0 Å². The van der Waals surface area contributed by atoms with Gasteiger partial charge in [0, 0.05) is 61.9 Å². The largest absolute Gasteiger partial charge is 0.379 e. The average Bonchev–Trinajstić information content (AvgIpc) is 3.31. The fourth-order valence-corrected chi connectivity index (χ4v) is 4.67. The zero-order valence-electron chi connectivity index (χ0n) is 20.7. The lowest BCUT2D eigenvalue weighted by Crippen LogP contribution is -2.37. The van der Waals surface area contributed by atoms with Crippen LogP contribution in [0.15, 0.2) is 85.3 Å². The van der Waals surface area contributed by atoms with Crippen LogP contribution in [-0.2, 0) is 22.5 Å². The number of hydrogen-bond acceptors (Lipinski definition) is 4. The first-order valence-corrected chi connectivity index (χ1v) is 12.5. The van der Waals surface area contributed by atoms with Crippen LogP contribution in [0.3, 0.4) is 0 Å². The average molecular weight is 481 g/mol. The second-order valence-electron chi connectivity index (χ2n) is 9.20. The SMILES string of the molecule is CC(=CC(=O)NCc1cccnc1)c1ccc(-n2cc(CCN3CCOCC3)c3ccccc32)cc1. The summed E-state index contributed by atoms with van der Waals surface area (Å²) in [6, 6.07) is 20.8. The first-order chi connectivity index (χ1) is 17.7. The van der Waals surface area contributed by atoms with Crippen molar-refractivity contribution in [3.63, 3.8) is 0 Å². The van der Waals surface area contributed by atoms with Gasteiger partial charge in [-0.2, -0.15) is 0 Å². The number of pyridine rings is 1. The van der Waals surface area contributed by atoms with Crippen molar-refractivity contribution in [1.29, 1.82) is 0 Å². The van der Waals surface area contributed by atoms with Gasteiger partial charge in [-0.25, -0.2) is 0 Å². The monoisotopic (exact) mass is 480 g/mol. The Balaban J connectivity index is 1.29. The summed E-state index contributed by atoms with van der Waals surface area (Å²) in [5.74, 6) is -0.109. The van der Waals surface area contributed by atoms with Gasteiger partial charge in [0.25, 0.3) is 0 Å². The molecular weight excluding hydrogens is 448 g/mol. The van der Waals surface area contributed by atoms with Gasteiger partial charge in [0.1, 0.15) is 0 Å². The van der Waals surface area contributed by atoms with E-state index in [0.29, 0.717) is 6.54 Å². The molecule has 2 aromatic carbocycles. The van der Waals surface area contributed by atoms with Crippen LogP contribution in [0.4, 0.5) is 0 Å². The van der Waals surface area contributed by atoms with Gasteiger partial charge in [0.15, 0.2) is 0 Å². The zero-order valence-corrected chi connectivity index (χ0v) is 20.7. The Morgan fingerprint density at radius 1 is 1.06 bits per heavy atom. The molecule has 1 N–H and O–H groups in total. The van der Waals surface area contributed by atoms with Crippen LogP contribution in [0.25, 0.3) is 22.2 Å². The molecule has 6 heteroatoms. The maximum absolute atomic E-state index is 12.4. The maximum atomic E-state index is 12.4. The Kier molecular flexibility index (Phi) is 7.55. The summed E-state index contributed by atoms with van der Waals surface area (Å²) in [7, 11) is 0. The molecule has 4 aromatic rings. The topological polar surface area (TPSA) is 59.4 Å². The third kappa shape index (κ3) is 5.73. The van der Waals surface area contributed by atoms with Crippen LogP contribution in [0, 0.1) is 0 Å². The van der Waals surface area contributed by atoms with Gasteiger partial charge in [0.2, 0.25) is 5.91 Å². The third-order valence-corrected chi connectivity index (χ3v) is 6.73. The number of para-hydroxylation sites is 1. The molecule has 184 valence electrons. The molecule has 0 spiro atoms. The van der Waals surface area contributed by atoms with Crippen LogP contribution >= 0.6 is 0 Å². The second kappa shape index (κ2) is 11.3. The summed E-state index contributed by atoms with van der Waals surface area (Å²) in [4.78, 5) is 19.0. The Morgan fingerprint density at radius 3 is 2.64 bits per heavy atom. The van der Waals surface area contributed by atoms with E-state index < -0.39 is 0 Å². The number of nitrogens with one attached hydrogen (secondary N) is 1. The lowest BCUT2D eigenvalue weighted by molar-refractivity contribution is -0.116. The van der Waals surface area contributed by atoms with Crippen LogP contribution in [-0.4, -0.2) is 53.2 Å². The molecule has 6 nitrogen and oxygen atoms in total. The number of carbonyl (C=O) groups is 1. The molecule has 0 aliphatic carbocycles. The van der Waals surface area contributed by atoms with Crippen LogP contribution in [0.1, 0.15) is 23.6 Å². The molecule has 0 bridgehead atoms. The van der Waals surface area contributed by atoms with Gasteiger partial charge < -0.3 is 14.6 Å².